The Morgan fingerprint density at radius 2 is 1.10 bits per heavy atom. The zero-order chi connectivity index (χ0) is 41.4. The maximum atomic E-state index is 6.57. The summed E-state index contributed by atoms with van der Waals surface area (Å²) in [7, 11) is 0. The second-order valence-corrected chi connectivity index (χ2v) is 20.4. The predicted molar refractivity (Wildman–Crippen MR) is 249 cm³/mol. The normalized spacial score (nSPS) is 19.9. The first-order valence-electron chi connectivity index (χ1n) is 22.3. The second kappa shape index (κ2) is 14.3. The molecule has 0 bridgehead atoms. The van der Waals surface area contributed by atoms with Gasteiger partial charge in [-0.15, -0.1) is 0 Å². The molecule has 3 aliphatic rings. The van der Waals surface area contributed by atoms with Crippen molar-refractivity contribution in [3.05, 3.63) is 167 Å². The summed E-state index contributed by atoms with van der Waals surface area (Å²) in [5, 5.41) is 2.62. The number of aromatic nitrogens is 2. The maximum Gasteiger partial charge on any atom is 0.222 e. The lowest BCUT2D eigenvalue weighted by atomic mass is 9.55. The minimum Gasteiger partial charge on any atom is -0.421 e. The highest BCUT2D eigenvalue weighted by atomic mass is 16.5. The van der Waals surface area contributed by atoms with Crippen LogP contribution in [0, 0.1) is 16.7 Å². The predicted octanol–water partition coefficient (Wildman–Crippen LogP) is 15.1. The van der Waals surface area contributed by atoms with Crippen LogP contribution in [-0.4, -0.2) is 9.97 Å². The van der Waals surface area contributed by atoms with Gasteiger partial charge in [0.1, 0.15) is 0 Å². The Labute approximate surface area is 357 Å². The Morgan fingerprint density at radius 3 is 1.80 bits per heavy atom. The number of hydrogen-bond acceptors (Lipinski definition) is 3. The summed E-state index contributed by atoms with van der Waals surface area (Å²) in [6.07, 6.45) is 7.10. The molecule has 1 spiro atoms. The first-order chi connectivity index (χ1) is 28.8. The standard InChI is InChI=1S/C57H58N2O/c1-54(2,3)47-27-25-37(26-28-47)44-33-51(38-15-9-8-10-16-38)59-53(34-44)60-52-22-14-21-50(58-52)42-18-13-17-39(29-42)40-23-24-41-31-45-35-57(36-46(45)32-43(41)30-40)55(4,5)48-19-11-12-20-49(48)56(57,6)7/h8-24,29-34,37,47H,25-28,35-36H2,1-7H3. The van der Waals surface area contributed by atoms with Crippen LogP contribution < -0.4 is 4.74 Å². The van der Waals surface area contributed by atoms with Gasteiger partial charge in [-0.2, -0.15) is 0 Å². The van der Waals surface area contributed by atoms with E-state index in [0.29, 0.717) is 23.1 Å². The van der Waals surface area contributed by atoms with Crippen LogP contribution in [0.1, 0.15) is 108 Å². The van der Waals surface area contributed by atoms with Crippen LogP contribution >= 0.6 is 0 Å². The summed E-state index contributed by atoms with van der Waals surface area (Å²) in [6.45, 7) is 17.1. The van der Waals surface area contributed by atoms with E-state index in [4.69, 9.17) is 14.7 Å². The maximum absolute atomic E-state index is 6.57. The Hall–Kier alpha value is -5.54. The highest BCUT2D eigenvalue weighted by Crippen LogP contribution is 2.66. The number of hydrogen-bond donors (Lipinski definition) is 0. The zero-order valence-electron chi connectivity index (χ0n) is 36.5. The Balaban J connectivity index is 0.920. The SMILES string of the molecule is CC(C)(C)C1CCC(c2cc(Oc3cccc(-c4cccc(-c5ccc6cc7c(cc6c5)CC5(C7)C(C)(C)c6ccccc6C5(C)C)c4)n3)nc(-c3ccccc3)c2)CC1. The largest absolute Gasteiger partial charge is 0.421 e. The van der Waals surface area contributed by atoms with E-state index in [0.717, 1.165) is 41.3 Å². The molecule has 0 amide bonds. The molecule has 0 atom stereocenters. The molecule has 0 N–H and O–H groups in total. The summed E-state index contributed by atoms with van der Waals surface area (Å²) >= 11 is 0. The molecule has 7 aromatic rings. The summed E-state index contributed by atoms with van der Waals surface area (Å²) in [5.74, 6) is 2.40. The van der Waals surface area contributed by atoms with Gasteiger partial charge in [0.15, 0.2) is 0 Å². The third-order valence-electron chi connectivity index (χ3n) is 15.6. The fourth-order valence-electron chi connectivity index (χ4n) is 11.8. The molecule has 0 saturated heterocycles. The van der Waals surface area contributed by atoms with Crippen LogP contribution in [0.5, 0.6) is 11.8 Å². The van der Waals surface area contributed by atoms with E-state index in [1.165, 1.54) is 75.4 Å². The minimum atomic E-state index is 0.0806. The molecule has 3 aliphatic carbocycles. The van der Waals surface area contributed by atoms with E-state index in [-0.39, 0.29) is 16.2 Å². The molecule has 60 heavy (non-hydrogen) atoms. The van der Waals surface area contributed by atoms with Crippen molar-refractivity contribution in [2.45, 2.75) is 104 Å². The Kier molecular flexibility index (Phi) is 9.21. The van der Waals surface area contributed by atoms with E-state index in [1.54, 1.807) is 0 Å². The number of pyridine rings is 2. The molecule has 0 radical (unpaired) electrons. The molecule has 2 heterocycles. The molecule has 0 aliphatic heterocycles. The summed E-state index contributed by atoms with van der Waals surface area (Å²) < 4.78 is 6.57. The fourth-order valence-corrected chi connectivity index (χ4v) is 11.8. The van der Waals surface area contributed by atoms with E-state index in [1.807, 2.05) is 12.1 Å². The van der Waals surface area contributed by atoms with Crippen LogP contribution in [0.15, 0.2) is 140 Å². The molecule has 1 fully saturated rings. The van der Waals surface area contributed by atoms with Gasteiger partial charge in [-0.05, 0) is 146 Å². The van der Waals surface area contributed by atoms with Crippen LogP contribution in [0.25, 0.3) is 44.4 Å². The lowest BCUT2D eigenvalue weighted by molar-refractivity contribution is 0.0889. The van der Waals surface area contributed by atoms with Crippen LogP contribution in [0.3, 0.4) is 0 Å². The molecule has 2 aromatic heterocycles. The lowest BCUT2D eigenvalue weighted by Gasteiger charge is -2.47. The summed E-state index contributed by atoms with van der Waals surface area (Å²) in [5.41, 5.74) is 14.4. The smallest absolute Gasteiger partial charge is 0.222 e. The van der Waals surface area contributed by atoms with E-state index in [9.17, 15) is 0 Å². The van der Waals surface area contributed by atoms with E-state index < -0.39 is 0 Å². The molecule has 5 aromatic carbocycles. The van der Waals surface area contributed by atoms with Crippen molar-refractivity contribution in [3.63, 3.8) is 0 Å². The molecule has 0 unspecified atom stereocenters. The van der Waals surface area contributed by atoms with Gasteiger partial charge in [0.05, 0.1) is 11.4 Å². The molecule has 3 heteroatoms. The number of benzene rings is 5. The fraction of sp³-hybridized carbons (Fsp3) is 0.333. The van der Waals surface area contributed by atoms with Crippen molar-refractivity contribution >= 4 is 10.8 Å². The van der Waals surface area contributed by atoms with Crippen molar-refractivity contribution in [1.29, 1.82) is 0 Å². The van der Waals surface area contributed by atoms with E-state index >= 15 is 0 Å². The molecular formula is C57H58N2O. The highest BCUT2D eigenvalue weighted by molar-refractivity contribution is 5.89. The van der Waals surface area contributed by atoms with Gasteiger partial charge >= 0.3 is 0 Å². The van der Waals surface area contributed by atoms with Gasteiger partial charge in [-0.3, -0.25) is 0 Å². The number of nitrogens with zero attached hydrogens (tertiary/aromatic N) is 2. The van der Waals surface area contributed by atoms with Gasteiger partial charge in [0.25, 0.3) is 0 Å². The zero-order valence-corrected chi connectivity index (χ0v) is 36.5. The first kappa shape index (κ1) is 38.6. The third kappa shape index (κ3) is 6.48. The number of fused-ring (bicyclic) bond motifs is 3. The average molecular weight is 787 g/mol. The van der Waals surface area contributed by atoms with Crippen molar-refractivity contribution in [1.82, 2.24) is 9.97 Å². The minimum absolute atomic E-state index is 0.0806. The molecule has 302 valence electrons. The third-order valence-corrected chi connectivity index (χ3v) is 15.6. The Bertz CT molecular complexity index is 2710. The van der Waals surface area contributed by atoms with Gasteiger partial charge in [0, 0.05) is 23.3 Å². The molecular weight excluding hydrogens is 729 g/mol. The number of ether oxygens (including phenoxy) is 1. The van der Waals surface area contributed by atoms with Gasteiger partial charge in [0.2, 0.25) is 11.8 Å². The van der Waals surface area contributed by atoms with Gasteiger partial charge in [-0.1, -0.05) is 152 Å². The van der Waals surface area contributed by atoms with Crippen molar-refractivity contribution in [3.8, 4) is 45.4 Å². The van der Waals surface area contributed by atoms with Crippen molar-refractivity contribution in [2.75, 3.05) is 0 Å². The van der Waals surface area contributed by atoms with Crippen LogP contribution in [0.2, 0.25) is 0 Å². The Morgan fingerprint density at radius 1 is 0.500 bits per heavy atom. The van der Waals surface area contributed by atoms with Crippen molar-refractivity contribution in [2.24, 2.45) is 16.7 Å². The second-order valence-electron chi connectivity index (χ2n) is 20.4. The molecule has 1 saturated carbocycles. The number of rotatable bonds is 6. The van der Waals surface area contributed by atoms with Crippen LogP contribution in [-0.2, 0) is 23.7 Å². The lowest BCUT2D eigenvalue weighted by Crippen LogP contribution is -2.48. The highest BCUT2D eigenvalue weighted by Gasteiger charge is 2.63. The average Bonchev–Trinajstić information content (AvgIpc) is 3.71. The summed E-state index contributed by atoms with van der Waals surface area (Å²) in [4.78, 5) is 10.1. The van der Waals surface area contributed by atoms with Gasteiger partial charge in [-0.25, -0.2) is 9.97 Å². The summed E-state index contributed by atoms with van der Waals surface area (Å²) in [6, 6.07) is 50.9. The first-order valence-corrected chi connectivity index (χ1v) is 22.3. The monoisotopic (exact) mass is 786 g/mol. The molecule has 3 nitrogen and oxygen atoms in total. The van der Waals surface area contributed by atoms with Gasteiger partial charge < -0.3 is 4.74 Å². The quantitative estimate of drug-likeness (QED) is 0.168. The van der Waals surface area contributed by atoms with E-state index in [2.05, 4.69) is 176 Å². The molecule has 10 rings (SSSR count). The van der Waals surface area contributed by atoms with Crippen LogP contribution in [0.4, 0.5) is 0 Å². The topological polar surface area (TPSA) is 35.0 Å². The van der Waals surface area contributed by atoms with Crippen molar-refractivity contribution < 1.29 is 4.74 Å².